The largest absolute Gasteiger partial charge is 0.310 e. The summed E-state index contributed by atoms with van der Waals surface area (Å²) in [5.41, 5.74) is 3.19. The van der Waals surface area contributed by atoms with E-state index in [1.54, 1.807) is 0 Å². The Balaban J connectivity index is 1.41. The van der Waals surface area contributed by atoms with Gasteiger partial charge >= 0.3 is 0 Å². The third-order valence-electron chi connectivity index (χ3n) is 5.33. The van der Waals surface area contributed by atoms with Gasteiger partial charge in [-0.05, 0) is 36.6 Å². The summed E-state index contributed by atoms with van der Waals surface area (Å²) in [6.07, 6.45) is 3.13. The molecule has 1 amide bonds. The minimum atomic E-state index is -0.0590. The van der Waals surface area contributed by atoms with Gasteiger partial charge in [0.05, 0.1) is 18.7 Å². The van der Waals surface area contributed by atoms with Crippen molar-refractivity contribution in [1.82, 2.24) is 14.7 Å². The zero-order valence-corrected chi connectivity index (χ0v) is 17.3. The highest BCUT2D eigenvalue weighted by Gasteiger charge is 2.27. The first kappa shape index (κ1) is 19.7. The number of anilines is 1. The number of halogens is 1. The number of amides is 1. The average Bonchev–Trinajstić information content (AvgIpc) is 3.29. The van der Waals surface area contributed by atoms with Crippen LogP contribution in [0.25, 0.3) is 0 Å². The van der Waals surface area contributed by atoms with Crippen LogP contribution in [0.3, 0.4) is 0 Å². The van der Waals surface area contributed by atoms with E-state index >= 15 is 0 Å². The maximum Gasteiger partial charge on any atom is 0.229 e. The highest BCUT2D eigenvalue weighted by Crippen LogP contribution is 2.28. The van der Waals surface area contributed by atoms with Gasteiger partial charge in [-0.1, -0.05) is 54.1 Å². The third-order valence-corrected chi connectivity index (χ3v) is 5.57. The number of hydrogen-bond acceptors (Lipinski definition) is 3. The molecule has 1 aromatic heterocycles. The first-order valence-corrected chi connectivity index (χ1v) is 10.3. The molecule has 6 heteroatoms. The van der Waals surface area contributed by atoms with Crippen molar-refractivity contribution in [3.05, 3.63) is 82.5 Å². The first-order valence-electron chi connectivity index (χ1n) is 9.93. The molecule has 2 aromatic carbocycles. The predicted octanol–water partition coefficient (Wildman–Crippen LogP) is 4.47. The van der Waals surface area contributed by atoms with Crippen molar-refractivity contribution in [3.8, 4) is 0 Å². The van der Waals surface area contributed by atoms with Crippen LogP contribution in [0.1, 0.15) is 29.2 Å². The van der Waals surface area contributed by atoms with Crippen LogP contribution < -0.4 is 5.32 Å². The summed E-state index contributed by atoms with van der Waals surface area (Å²) in [5.74, 6) is 0.736. The molecule has 1 fully saturated rings. The van der Waals surface area contributed by atoms with Crippen molar-refractivity contribution < 1.29 is 4.79 Å². The summed E-state index contributed by atoms with van der Waals surface area (Å²) in [4.78, 5) is 15.0. The molecular weight excluding hydrogens is 384 g/mol. The fourth-order valence-corrected chi connectivity index (χ4v) is 4.10. The van der Waals surface area contributed by atoms with E-state index in [0.717, 1.165) is 43.0 Å². The SMILES string of the molecule is Cc1cnn([C@H]2CCN(Cc3ccccc3)C2)c1NC(=O)Cc1cccc(Cl)c1. The Labute approximate surface area is 176 Å². The number of likely N-dealkylation sites (tertiary alicyclic amines) is 1. The molecule has 0 saturated carbocycles. The number of rotatable bonds is 6. The van der Waals surface area contributed by atoms with Crippen LogP contribution in [0.4, 0.5) is 5.82 Å². The lowest BCUT2D eigenvalue weighted by molar-refractivity contribution is -0.115. The summed E-state index contributed by atoms with van der Waals surface area (Å²) in [7, 11) is 0. The Hall–Kier alpha value is -2.63. The van der Waals surface area contributed by atoms with Crippen LogP contribution in [-0.4, -0.2) is 33.7 Å². The molecule has 3 aromatic rings. The van der Waals surface area contributed by atoms with Gasteiger partial charge in [0.1, 0.15) is 5.82 Å². The molecular formula is C23H25ClN4O. The number of hydrogen-bond donors (Lipinski definition) is 1. The van der Waals surface area contributed by atoms with Gasteiger partial charge in [0.2, 0.25) is 5.91 Å². The Morgan fingerprint density at radius 1 is 1.17 bits per heavy atom. The van der Waals surface area contributed by atoms with E-state index in [4.69, 9.17) is 11.6 Å². The second kappa shape index (κ2) is 8.80. The number of benzene rings is 2. The van der Waals surface area contributed by atoms with E-state index in [1.165, 1.54) is 5.56 Å². The fourth-order valence-electron chi connectivity index (χ4n) is 3.89. The molecule has 4 rings (SSSR count). The molecule has 2 heterocycles. The minimum Gasteiger partial charge on any atom is -0.310 e. The van der Waals surface area contributed by atoms with Gasteiger partial charge in [-0.3, -0.25) is 9.69 Å². The molecule has 0 unspecified atom stereocenters. The second-order valence-electron chi connectivity index (χ2n) is 7.64. The van der Waals surface area contributed by atoms with E-state index in [-0.39, 0.29) is 18.4 Å². The van der Waals surface area contributed by atoms with E-state index in [1.807, 2.05) is 48.1 Å². The molecule has 29 heavy (non-hydrogen) atoms. The van der Waals surface area contributed by atoms with Gasteiger partial charge in [0.15, 0.2) is 0 Å². The lowest BCUT2D eigenvalue weighted by Crippen LogP contribution is -2.24. The molecule has 1 N–H and O–H groups in total. The van der Waals surface area contributed by atoms with Gasteiger partial charge in [-0.15, -0.1) is 0 Å². The highest BCUT2D eigenvalue weighted by atomic mass is 35.5. The molecule has 0 bridgehead atoms. The highest BCUT2D eigenvalue weighted by molar-refractivity contribution is 6.30. The predicted molar refractivity (Wildman–Crippen MR) is 116 cm³/mol. The van der Waals surface area contributed by atoms with Crippen molar-refractivity contribution in [3.63, 3.8) is 0 Å². The van der Waals surface area contributed by atoms with E-state index < -0.39 is 0 Å². The molecule has 0 radical (unpaired) electrons. The van der Waals surface area contributed by atoms with Crippen LogP contribution in [0.2, 0.25) is 5.02 Å². The number of nitrogens with one attached hydrogen (secondary N) is 1. The second-order valence-corrected chi connectivity index (χ2v) is 8.08. The lowest BCUT2D eigenvalue weighted by Gasteiger charge is -2.18. The van der Waals surface area contributed by atoms with Gasteiger partial charge < -0.3 is 5.32 Å². The molecule has 1 aliphatic rings. The summed E-state index contributed by atoms with van der Waals surface area (Å²) < 4.78 is 1.98. The molecule has 1 aliphatic heterocycles. The lowest BCUT2D eigenvalue weighted by atomic mass is 10.1. The minimum absolute atomic E-state index is 0.0590. The number of aromatic nitrogens is 2. The molecule has 5 nitrogen and oxygen atoms in total. The van der Waals surface area contributed by atoms with Crippen molar-refractivity contribution in [2.75, 3.05) is 18.4 Å². The third kappa shape index (κ3) is 4.86. The normalized spacial score (nSPS) is 16.8. The zero-order chi connectivity index (χ0) is 20.2. The maximum absolute atomic E-state index is 12.6. The molecule has 150 valence electrons. The van der Waals surface area contributed by atoms with E-state index in [9.17, 15) is 4.79 Å². The fraction of sp³-hybridized carbons (Fsp3) is 0.304. The summed E-state index contributed by atoms with van der Waals surface area (Å²) >= 11 is 6.03. The van der Waals surface area contributed by atoms with E-state index in [2.05, 4.69) is 39.6 Å². The van der Waals surface area contributed by atoms with Gasteiger partial charge in [-0.25, -0.2) is 4.68 Å². The Morgan fingerprint density at radius 2 is 1.97 bits per heavy atom. The quantitative estimate of drug-likeness (QED) is 0.654. The molecule has 1 atom stereocenters. The van der Waals surface area contributed by atoms with Crippen molar-refractivity contribution in [2.45, 2.75) is 32.4 Å². The summed E-state index contributed by atoms with van der Waals surface area (Å²) in [6, 6.07) is 18.2. The average molecular weight is 409 g/mol. The van der Waals surface area contributed by atoms with Gasteiger partial charge in [0, 0.05) is 30.2 Å². The van der Waals surface area contributed by atoms with Crippen molar-refractivity contribution in [2.24, 2.45) is 0 Å². The van der Waals surface area contributed by atoms with Crippen LogP contribution in [0.15, 0.2) is 60.8 Å². The molecule has 1 saturated heterocycles. The monoisotopic (exact) mass is 408 g/mol. The zero-order valence-electron chi connectivity index (χ0n) is 16.5. The van der Waals surface area contributed by atoms with Gasteiger partial charge in [0.25, 0.3) is 0 Å². The number of nitrogens with zero attached hydrogens (tertiary/aromatic N) is 3. The standard InChI is InChI=1S/C23H25ClN4O/c1-17-14-25-28(21-10-11-27(16-21)15-18-6-3-2-4-7-18)23(17)26-22(29)13-19-8-5-9-20(24)12-19/h2-9,12,14,21H,10-11,13,15-16H2,1H3,(H,26,29)/t21-/m0/s1. The van der Waals surface area contributed by atoms with Crippen LogP contribution in [0, 0.1) is 6.92 Å². The van der Waals surface area contributed by atoms with Crippen LogP contribution in [0.5, 0.6) is 0 Å². The first-order chi connectivity index (χ1) is 14.1. The number of aryl methyl sites for hydroxylation is 1. The Kier molecular flexibility index (Phi) is 5.97. The molecule has 0 spiro atoms. The summed E-state index contributed by atoms with van der Waals surface area (Å²) in [6.45, 7) is 4.87. The Bertz CT molecular complexity index is 986. The molecule has 0 aliphatic carbocycles. The van der Waals surface area contributed by atoms with Crippen LogP contribution in [-0.2, 0) is 17.8 Å². The number of carbonyl (C=O) groups is 1. The Morgan fingerprint density at radius 3 is 2.76 bits per heavy atom. The van der Waals surface area contributed by atoms with Gasteiger partial charge in [-0.2, -0.15) is 5.10 Å². The smallest absolute Gasteiger partial charge is 0.229 e. The topological polar surface area (TPSA) is 50.2 Å². The summed E-state index contributed by atoms with van der Waals surface area (Å²) in [5, 5.41) is 8.28. The van der Waals surface area contributed by atoms with Crippen molar-refractivity contribution in [1.29, 1.82) is 0 Å². The van der Waals surface area contributed by atoms with Crippen LogP contribution >= 0.6 is 11.6 Å². The number of carbonyl (C=O) groups excluding carboxylic acids is 1. The maximum atomic E-state index is 12.6. The van der Waals surface area contributed by atoms with E-state index in [0.29, 0.717) is 5.02 Å². The van der Waals surface area contributed by atoms with Crippen molar-refractivity contribution >= 4 is 23.3 Å².